The molecule has 1 atom stereocenters. The van der Waals surface area contributed by atoms with Crippen molar-refractivity contribution in [1.82, 2.24) is 29.9 Å². The van der Waals surface area contributed by atoms with Gasteiger partial charge in [0.05, 0.1) is 19.2 Å². The van der Waals surface area contributed by atoms with Gasteiger partial charge in [0.1, 0.15) is 17.2 Å². The van der Waals surface area contributed by atoms with E-state index in [4.69, 9.17) is 4.74 Å². The molecular weight excluding hydrogens is 480 g/mol. The molecule has 164 valence electrons. The molecule has 3 heterocycles. The Bertz CT molecular complexity index is 1320. The lowest BCUT2D eigenvalue weighted by Crippen LogP contribution is -2.29. The SMILES string of the molecule is COc1ccc(C(CC(=O)NCc2nc(Br)n[nH]2)c2c(O)nc3ccccn3c2=O)cc1. The lowest BCUT2D eigenvalue weighted by Gasteiger charge is -2.18. The maximum Gasteiger partial charge on any atom is 0.265 e. The van der Waals surface area contributed by atoms with Gasteiger partial charge in [0.25, 0.3) is 5.56 Å². The van der Waals surface area contributed by atoms with Crippen LogP contribution in [0, 0.1) is 0 Å². The normalized spacial score (nSPS) is 11.9. The minimum Gasteiger partial charge on any atom is -0.497 e. The summed E-state index contributed by atoms with van der Waals surface area (Å²) in [7, 11) is 1.55. The number of H-pyrrole nitrogens is 1. The third-order valence-electron chi connectivity index (χ3n) is 4.96. The third kappa shape index (κ3) is 4.47. The fourth-order valence-corrected chi connectivity index (χ4v) is 3.71. The van der Waals surface area contributed by atoms with Gasteiger partial charge < -0.3 is 15.2 Å². The maximum absolute atomic E-state index is 13.2. The van der Waals surface area contributed by atoms with Crippen molar-refractivity contribution >= 4 is 27.5 Å². The van der Waals surface area contributed by atoms with Gasteiger partial charge >= 0.3 is 0 Å². The van der Waals surface area contributed by atoms with Crippen molar-refractivity contribution < 1.29 is 14.6 Å². The molecule has 3 aromatic heterocycles. The number of ether oxygens (including phenoxy) is 1. The number of amides is 1. The standard InChI is InChI=1S/C21H19BrN6O4/c1-32-13-7-5-12(6-8-13)14(10-17(29)23-11-15-24-21(22)27-26-15)18-19(30)25-16-4-2-3-9-28(16)20(18)31/h2-9,14,30H,10-11H2,1H3,(H,23,29)(H,24,26,27). The highest BCUT2D eigenvalue weighted by molar-refractivity contribution is 9.10. The van der Waals surface area contributed by atoms with E-state index in [2.05, 4.69) is 41.4 Å². The van der Waals surface area contributed by atoms with Gasteiger partial charge in [-0.15, -0.1) is 5.10 Å². The first-order chi connectivity index (χ1) is 15.5. The van der Waals surface area contributed by atoms with Gasteiger partial charge in [-0.2, -0.15) is 4.98 Å². The van der Waals surface area contributed by atoms with Crippen LogP contribution in [0.1, 0.15) is 29.3 Å². The van der Waals surface area contributed by atoms with Crippen molar-refractivity contribution in [2.24, 2.45) is 0 Å². The maximum atomic E-state index is 13.2. The number of aromatic amines is 1. The molecule has 11 heteroatoms. The molecule has 1 unspecified atom stereocenters. The third-order valence-corrected chi connectivity index (χ3v) is 5.32. The van der Waals surface area contributed by atoms with Crippen LogP contribution in [0.25, 0.3) is 5.65 Å². The van der Waals surface area contributed by atoms with Crippen molar-refractivity contribution in [2.45, 2.75) is 18.9 Å². The predicted molar refractivity (Wildman–Crippen MR) is 119 cm³/mol. The predicted octanol–water partition coefficient (Wildman–Crippen LogP) is 2.13. The summed E-state index contributed by atoms with van der Waals surface area (Å²) in [4.78, 5) is 34.2. The van der Waals surface area contributed by atoms with E-state index in [0.29, 0.717) is 27.5 Å². The van der Waals surface area contributed by atoms with Crippen LogP contribution < -0.4 is 15.6 Å². The largest absolute Gasteiger partial charge is 0.497 e. The number of halogens is 1. The molecule has 4 rings (SSSR count). The lowest BCUT2D eigenvalue weighted by atomic mass is 9.89. The number of aromatic hydroxyl groups is 1. The number of hydrogen-bond donors (Lipinski definition) is 3. The van der Waals surface area contributed by atoms with Crippen molar-refractivity contribution in [3.63, 3.8) is 0 Å². The molecule has 32 heavy (non-hydrogen) atoms. The number of hydrogen-bond acceptors (Lipinski definition) is 7. The molecule has 0 saturated carbocycles. The molecule has 10 nitrogen and oxygen atoms in total. The second-order valence-electron chi connectivity index (χ2n) is 6.94. The first kappa shape index (κ1) is 21.5. The number of carbonyl (C=O) groups excluding carboxylic acids is 1. The molecule has 0 aliphatic carbocycles. The van der Waals surface area contributed by atoms with Gasteiger partial charge in [0, 0.05) is 18.5 Å². The Morgan fingerprint density at radius 3 is 2.72 bits per heavy atom. The van der Waals surface area contributed by atoms with Crippen LogP contribution in [0.3, 0.4) is 0 Å². The van der Waals surface area contributed by atoms with Crippen molar-refractivity contribution in [1.29, 1.82) is 0 Å². The molecule has 0 radical (unpaired) electrons. The number of methoxy groups -OCH3 is 1. The molecule has 0 spiro atoms. The molecule has 0 fully saturated rings. The van der Waals surface area contributed by atoms with Crippen LogP contribution in [0.4, 0.5) is 0 Å². The number of aromatic nitrogens is 5. The summed E-state index contributed by atoms with van der Waals surface area (Å²) in [6.45, 7) is 0.133. The van der Waals surface area contributed by atoms with E-state index in [0.717, 1.165) is 0 Å². The Hall–Kier alpha value is -3.73. The zero-order valence-corrected chi connectivity index (χ0v) is 18.5. The summed E-state index contributed by atoms with van der Waals surface area (Å²) in [5.41, 5.74) is 0.568. The second-order valence-corrected chi connectivity index (χ2v) is 7.65. The van der Waals surface area contributed by atoms with Crippen molar-refractivity contribution in [3.8, 4) is 11.6 Å². The molecule has 0 aliphatic heterocycles. The number of rotatable bonds is 7. The number of carbonyl (C=O) groups is 1. The topological polar surface area (TPSA) is 134 Å². The fourth-order valence-electron chi connectivity index (χ4n) is 3.41. The average molecular weight is 499 g/mol. The van der Waals surface area contributed by atoms with Gasteiger partial charge in [-0.1, -0.05) is 18.2 Å². The van der Waals surface area contributed by atoms with Crippen LogP contribution in [-0.4, -0.2) is 42.7 Å². The summed E-state index contributed by atoms with van der Waals surface area (Å²) >= 11 is 3.14. The molecule has 0 bridgehead atoms. The summed E-state index contributed by atoms with van der Waals surface area (Å²) < 4.78 is 6.93. The number of benzene rings is 1. The molecule has 0 aliphatic rings. The molecule has 4 aromatic rings. The molecule has 1 aromatic carbocycles. The van der Waals surface area contributed by atoms with E-state index >= 15 is 0 Å². The number of fused-ring (bicyclic) bond motifs is 1. The van der Waals surface area contributed by atoms with Crippen LogP contribution in [0.2, 0.25) is 0 Å². The Balaban J connectivity index is 1.70. The van der Waals surface area contributed by atoms with Crippen LogP contribution >= 0.6 is 15.9 Å². The van der Waals surface area contributed by atoms with Crippen molar-refractivity contribution in [3.05, 3.63) is 80.7 Å². The van der Waals surface area contributed by atoms with Crippen LogP contribution in [0.15, 0.2) is 58.2 Å². The van der Waals surface area contributed by atoms with Crippen LogP contribution in [0.5, 0.6) is 11.6 Å². The average Bonchev–Trinajstić information content (AvgIpc) is 3.22. The molecule has 1 amide bonds. The molecular formula is C21H19BrN6O4. The summed E-state index contributed by atoms with van der Waals surface area (Å²) in [5.74, 6) is -0.379. The van der Waals surface area contributed by atoms with E-state index < -0.39 is 17.4 Å². The first-order valence-corrected chi connectivity index (χ1v) is 10.4. The zero-order valence-electron chi connectivity index (χ0n) is 16.9. The molecule has 0 saturated heterocycles. The second kappa shape index (κ2) is 9.18. The highest BCUT2D eigenvalue weighted by atomic mass is 79.9. The van der Waals surface area contributed by atoms with Crippen molar-refractivity contribution in [2.75, 3.05) is 7.11 Å². The number of pyridine rings is 1. The number of nitrogens with one attached hydrogen (secondary N) is 2. The lowest BCUT2D eigenvalue weighted by molar-refractivity contribution is -0.121. The van der Waals surface area contributed by atoms with Gasteiger partial charge in [0.2, 0.25) is 16.5 Å². The Labute approximate surface area is 190 Å². The Morgan fingerprint density at radius 2 is 2.03 bits per heavy atom. The monoisotopic (exact) mass is 498 g/mol. The van der Waals surface area contributed by atoms with Gasteiger partial charge in [-0.3, -0.25) is 19.1 Å². The Morgan fingerprint density at radius 1 is 1.25 bits per heavy atom. The summed E-state index contributed by atoms with van der Waals surface area (Å²) in [5, 5.41) is 19.9. The van der Waals surface area contributed by atoms with E-state index in [1.807, 2.05) is 0 Å². The minimum atomic E-state index is -0.737. The van der Waals surface area contributed by atoms with E-state index in [1.165, 1.54) is 4.40 Å². The van der Waals surface area contributed by atoms with Crippen LogP contribution in [-0.2, 0) is 11.3 Å². The number of nitrogens with zero attached hydrogens (tertiary/aromatic N) is 4. The van der Waals surface area contributed by atoms with E-state index in [-0.39, 0.29) is 24.4 Å². The van der Waals surface area contributed by atoms with Gasteiger partial charge in [-0.25, -0.2) is 4.98 Å². The summed E-state index contributed by atoms with van der Waals surface area (Å²) in [6.07, 6.45) is 1.48. The highest BCUT2D eigenvalue weighted by Crippen LogP contribution is 2.32. The smallest absolute Gasteiger partial charge is 0.265 e. The Kier molecular flexibility index (Phi) is 6.17. The van der Waals surface area contributed by atoms with Gasteiger partial charge in [0.15, 0.2) is 0 Å². The zero-order chi connectivity index (χ0) is 22.7. The quantitative estimate of drug-likeness (QED) is 0.355. The fraction of sp³-hybridized carbons (Fsp3) is 0.190. The summed E-state index contributed by atoms with van der Waals surface area (Å²) in [6, 6.07) is 12.0. The van der Waals surface area contributed by atoms with E-state index in [9.17, 15) is 14.7 Å². The minimum absolute atomic E-state index is 0.0384. The van der Waals surface area contributed by atoms with E-state index in [1.54, 1.807) is 55.8 Å². The first-order valence-electron chi connectivity index (χ1n) is 9.64. The van der Waals surface area contributed by atoms with Gasteiger partial charge in [-0.05, 0) is 45.8 Å². The highest BCUT2D eigenvalue weighted by Gasteiger charge is 2.26. The molecule has 3 N–H and O–H groups in total.